The highest BCUT2D eigenvalue weighted by Gasteiger charge is 2.01. The molecular weight excluding hydrogens is 332 g/mol. The van der Waals surface area contributed by atoms with E-state index in [9.17, 15) is 4.79 Å². The molecule has 0 bridgehead atoms. The van der Waals surface area contributed by atoms with Gasteiger partial charge in [-0.15, -0.1) is 0 Å². The monoisotopic (exact) mass is 346 g/mol. The molecule has 0 aliphatic rings. The quantitative estimate of drug-likeness (QED) is 0.719. The van der Waals surface area contributed by atoms with Crippen LogP contribution < -0.4 is 10.9 Å². The predicted octanol–water partition coefficient (Wildman–Crippen LogP) is 2.05. The van der Waals surface area contributed by atoms with Gasteiger partial charge in [-0.3, -0.25) is 4.79 Å². The SMILES string of the molecule is O=c1ccccn1CCNCc1cn2ccc(Br)cc2n1. The summed E-state index contributed by atoms with van der Waals surface area (Å²) in [5.74, 6) is 0. The number of halogens is 1. The number of rotatable bonds is 5. The molecule has 5 nitrogen and oxygen atoms in total. The van der Waals surface area contributed by atoms with Gasteiger partial charge in [-0.2, -0.15) is 0 Å². The first-order valence-electron chi connectivity index (χ1n) is 6.72. The molecule has 0 aliphatic carbocycles. The summed E-state index contributed by atoms with van der Waals surface area (Å²) in [6.07, 6.45) is 5.77. The number of fused-ring (bicyclic) bond motifs is 1. The lowest BCUT2D eigenvalue weighted by molar-refractivity contribution is 0.581. The van der Waals surface area contributed by atoms with Crippen molar-refractivity contribution in [2.24, 2.45) is 0 Å². The Labute approximate surface area is 130 Å². The Morgan fingerprint density at radius 3 is 3.00 bits per heavy atom. The van der Waals surface area contributed by atoms with Gasteiger partial charge < -0.3 is 14.3 Å². The number of hydrogen-bond donors (Lipinski definition) is 1. The van der Waals surface area contributed by atoms with Crippen LogP contribution in [0.25, 0.3) is 5.65 Å². The fraction of sp³-hybridized carbons (Fsp3) is 0.200. The molecule has 0 aromatic carbocycles. The smallest absolute Gasteiger partial charge is 0.250 e. The number of imidazole rings is 1. The highest BCUT2D eigenvalue weighted by Crippen LogP contribution is 2.13. The van der Waals surface area contributed by atoms with Crippen molar-refractivity contribution in [3.05, 3.63) is 69.4 Å². The topological polar surface area (TPSA) is 51.3 Å². The molecule has 0 atom stereocenters. The van der Waals surface area contributed by atoms with Crippen LogP contribution in [0.5, 0.6) is 0 Å². The number of hydrogen-bond acceptors (Lipinski definition) is 3. The van der Waals surface area contributed by atoms with Crippen molar-refractivity contribution >= 4 is 21.6 Å². The molecule has 6 heteroatoms. The van der Waals surface area contributed by atoms with Crippen LogP contribution in [-0.2, 0) is 13.1 Å². The number of nitrogens with one attached hydrogen (secondary N) is 1. The molecule has 0 saturated heterocycles. The first-order valence-corrected chi connectivity index (χ1v) is 7.51. The first kappa shape index (κ1) is 14.0. The minimum Gasteiger partial charge on any atom is -0.314 e. The predicted molar refractivity (Wildman–Crippen MR) is 85.3 cm³/mol. The molecule has 0 amide bonds. The molecule has 0 spiro atoms. The second-order valence-corrected chi connectivity index (χ2v) is 5.67. The van der Waals surface area contributed by atoms with E-state index in [-0.39, 0.29) is 5.56 Å². The van der Waals surface area contributed by atoms with Crippen LogP contribution in [0.3, 0.4) is 0 Å². The van der Waals surface area contributed by atoms with Gasteiger partial charge in [0.15, 0.2) is 0 Å². The zero-order valence-corrected chi connectivity index (χ0v) is 13.0. The van der Waals surface area contributed by atoms with Gasteiger partial charge in [0.05, 0.1) is 5.69 Å². The molecule has 3 heterocycles. The maximum Gasteiger partial charge on any atom is 0.250 e. The van der Waals surface area contributed by atoms with Gasteiger partial charge in [0, 0.05) is 48.8 Å². The van der Waals surface area contributed by atoms with Crippen LogP contribution in [0.4, 0.5) is 0 Å². The maximum absolute atomic E-state index is 11.5. The van der Waals surface area contributed by atoms with Crippen LogP contribution in [0.15, 0.2) is 58.2 Å². The van der Waals surface area contributed by atoms with Crippen LogP contribution in [0, 0.1) is 0 Å². The summed E-state index contributed by atoms with van der Waals surface area (Å²) >= 11 is 3.44. The summed E-state index contributed by atoms with van der Waals surface area (Å²) < 4.78 is 4.70. The zero-order valence-electron chi connectivity index (χ0n) is 11.4. The molecule has 3 aromatic heterocycles. The second-order valence-electron chi connectivity index (χ2n) is 4.75. The standard InChI is InChI=1S/C15H15BrN4O/c16-12-4-7-20-11-13(18-14(20)9-12)10-17-5-8-19-6-2-1-3-15(19)21/h1-4,6-7,9,11,17H,5,8,10H2. The van der Waals surface area contributed by atoms with Gasteiger partial charge in [0.1, 0.15) is 5.65 Å². The third kappa shape index (κ3) is 3.40. The van der Waals surface area contributed by atoms with Crippen LogP contribution in [0.2, 0.25) is 0 Å². The van der Waals surface area contributed by atoms with Gasteiger partial charge in [0.25, 0.3) is 5.56 Å². The van der Waals surface area contributed by atoms with Gasteiger partial charge in [-0.05, 0) is 18.2 Å². The summed E-state index contributed by atoms with van der Waals surface area (Å²) in [4.78, 5) is 16.1. The van der Waals surface area contributed by atoms with E-state index in [1.807, 2.05) is 35.0 Å². The summed E-state index contributed by atoms with van der Waals surface area (Å²) in [5.41, 5.74) is 1.92. The van der Waals surface area contributed by atoms with Crippen molar-refractivity contribution in [2.45, 2.75) is 13.1 Å². The number of aromatic nitrogens is 3. The molecule has 21 heavy (non-hydrogen) atoms. The second kappa shape index (κ2) is 6.24. The fourth-order valence-corrected chi connectivity index (χ4v) is 2.48. The van der Waals surface area contributed by atoms with Gasteiger partial charge in [-0.25, -0.2) is 4.98 Å². The summed E-state index contributed by atoms with van der Waals surface area (Å²) in [6.45, 7) is 2.06. The van der Waals surface area contributed by atoms with E-state index in [0.717, 1.165) is 22.4 Å². The fourth-order valence-electron chi connectivity index (χ4n) is 2.16. The molecule has 1 N–H and O–H groups in total. The largest absolute Gasteiger partial charge is 0.314 e. The van der Waals surface area contributed by atoms with E-state index in [1.165, 1.54) is 0 Å². The molecule has 0 radical (unpaired) electrons. The normalized spacial score (nSPS) is 11.1. The van der Waals surface area contributed by atoms with Crippen LogP contribution >= 0.6 is 15.9 Å². The highest BCUT2D eigenvalue weighted by molar-refractivity contribution is 9.10. The van der Waals surface area contributed by atoms with E-state index < -0.39 is 0 Å². The maximum atomic E-state index is 11.5. The van der Waals surface area contributed by atoms with E-state index in [0.29, 0.717) is 13.1 Å². The molecule has 0 unspecified atom stereocenters. The van der Waals surface area contributed by atoms with E-state index in [1.54, 1.807) is 22.9 Å². The van der Waals surface area contributed by atoms with Crippen molar-refractivity contribution < 1.29 is 0 Å². The van der Waals surface area contributed by atoms with Crippen molar-refractivity contribution in [3.63, 3.8) is 0 Å². The Kier molecular flexibility index (Phi) is 4.17. The van der Waals surface area contributed by atoms with Gasteiger partial charge in [-0.1, -0.05) is 22.0 Å². The summed E-state index contributed by atoms with van der Waals surface area (Å²) in [7, 11) is 0. The molecule has 3 rings (SSSR count). The Bertz CT molecular complexity index is 809. The lowest BCUT2D eigenvalue weighted by Crippen LogP contribution is -2.25. The molecular formula is C15H15BrN4O. The summed E-state index contributed by atoms with van der Waals surface area (Å²) in [6, 6.07) is 9.14. The average Bonchev–Trinajstić information content (AvgIpc) is 2.87. The van der Waals surface area contributed by atoms with E-state index >= 15 is 0 Å². The average molecular weight is 347 g/mol. The number of pyridine rings is 2. The first-order chi connectivity index (χ1) is 10.2. The van der Waals surface area contributed by atoms with Crippen molar-refractivity contribution in [2.75, 3.05) is 6.54 Å². The third-order valence-corrected chi connectivity index (χ3v) is 3.70. The summed E-state index contributed by atoms with van der Waals surface area (Å²) in [5, 5.41) is 3.31. The minimum absolute atomic E-state index is 0.0249. The Balaban J connectivity index is 1.57. The Morgan fingerprint density at radius 1 is 1.24 bits per heavy atom. The van der Waals surface area contributed by atoms with E-state index in [4.69, 9.17) is 0 Å². The Morgan fingerprint density at radius 2 is 2.14 bits per heavy atom. The minimum atomic E-state index is 0.0249. The van der Waals surface area contributed by atoms with Gasteiger partial charge in [0.2, 0.25) is 0 Å². The van der Waals surface area contributed by atoms with Crippen molar-refractivity contribution in [1.29, 1.82) is 0 Å². The van der Waals surface area contributed by atoms with Gasteiger partial charge >= 0.3 is 0 Å². The molecule has 0 fully saturated rings. The molecule has 3 aromatic rings. The third-order valence-electron chi connectivity index (χ3n) is 3.21. The van der Waals surface area contributed by atoms with E-state index in [2.05, 4.69) is 26.2 Å². The zero-order chi connectivity index (χ0) is 14.7. The van der Waals surface area contributed by atoms with Crippen molar-refractivity contribution in [1.82, 2.24) is 19.3 Å². The lowest BCUT2D eigenvalue weighted by Gasteiger charge is -2.05. The molecule has 0 saturated carbocycles. The van der Waals surface area contributed by atoms with Crippen LogP contribution in [0.1, 0.15) is 5.69 Å². The van der Waals surface area contributed by atoms with Crippen molar-refractivity contribution in [3.8, 4) is 0 Å². The molecule has 0 aliphatic heterocycles. The molecule has 108 valence electrons. The number of nitrogens with zero attached hydrogens (tertiary/aromatic N) is 3. The Hall–Kier alpha value is -1.92. The van der Waals surface area contributed by atoms with Crippen LogP contribution in [-0.4, -0.2) is 20.5 Å². The highest BCUT2D eigenvalue weighted by atomic mass is 79.9. The lowest BCUT2D eigenvalue weighted by atomic mass is 10.4.